The van der Waals surface area contributed by atoms with Gasteiger partial charge in [0.1, 0.15) is 0 Å². The van der Waals surface area contributed by atoms with Crippen LogP contribution in [0.4, 0.5) is 5.69 Å². The zero-order valence-electron chi connectivity index (χ0n) is 13.2. The molecule has 0 aromatic heterocycles. The van der Waals surface area contributed by atoms with E-state index in [1.165, 1.54) is 4.31 Å². The highest BCUT2D eigenvalue weighted by Crippen LogP contribution is 2.31. The Morgan fingerprint density at radius 2 is 1.78 bits per heavy atom. The van der Waals surface area contributed by atoms with Crippen LogP contribution in [0.1, 0.15) is 33.5 Å². The van der Waals surface area contributed by atoms with E-state index in [1.807, 2.05) is 44.2 Å². The highest BCUT2D eigenvalue weighted by Gasteiger charge is 2.31. The summed E-state index contributed by atoms with van der Waals surface area (Å²) in [6.07, 6.45) is 0.226. The Morgan fingerprint density at radius 3 is 2.52 bits per heavy atom. The van der Waals surface area contributed by atoms with Crippen molar-refractivity contribution in [1.29, 1.82) is 0 Å². The van der Waals surface area contributed by atoms with Gasteiger partial charge in [-0.05, 0) is 31.5 Å². The maximum atomic E-state index is 12.8. The van der Waals surface area contributed by atoms with E-state index in [4.69, 9.17) is 0 Å². The Labute approximate surface area is 136 Å². The predicted octanol–water partition coefficient (Wildman–Crippen LogP) is 3.23. The molecule has 23 heavy (non-hydrogen) atoms. The van der Waals surface area contributed by atoms with E-state index in [0.29, 0.717) is 11.3 Å². The molecule has 5 heteroatoms. The van der Waals surface area contributed by atoms with Crippen LogP contribution in [0, 0.1) is 13.8 Å². The minimum absolute atomic E-state index is 0.00528. The maximum Gasteiger partial charge on any atom is 0.239 e. The lowest BCUT2D eigenvalue weighted by atomic mass is 10.0. The van der Waals surface area contributed by atoms with E-state index in [-0.39, 0.29) is 24.5 Å². The van der Waals surface area contributed by atoms with Crippen LogP contribution in [-0.4, -0.2) is 20.7 Å². The Kier molecular flexibility index (Phi) is 3.98. The number of aryl methyl sites for hydroxylation is 2. The number of carbonyl (C=O) groups is 1. The Bertz CT molecular complexity index is 872. The molecule has 0 aliphatic carbocycles. The molecule has 0 bridgehead atoms. The summed E-state index contributed by atoms with van der Waals surface area (Å²) in [7, 11) is -3.52. The molecule has 0 spiro atoms. The Morgan fingerprint density at radius 1 is 1.04 bits per heavy atom. The number of ketones is 1. The third kappa shape index (κ3) is 3.15. The van der Waals surface area contributed by atoms with Gasteiger partial charge < -0.3 is 0 Å². The van der Waals surface area contributed by atoms with Crippen LogP contribution >= 0.6 is 0 Å². The van der Waals surface area contributed by atoms with Gasteiger partial charge in [0, 0.05) is 18.5 Å². The van der Waals surface area contributed by atoms with Crippen molar-refractivity contribution in [3.05, 3.63) is 64.7 Å². The number of rotatable bonds is 3. The number of nitrogens with zero attached hydrogens (tertiary/aromatic N) is 1. The number of anilines is 1. The molecule has 1 aliphatic heterocycles. The van der Waals surface area contributed by atoms with E-state index in [0.717, 1.165) is 16.7 Å². The van der Waals surface area contributed by atoms with Crippen molar-refractivity contribution in [2.45, 2.75) is 26.0 Å². The number of carbonyl (C=O) groups excluding carboxylic acids is 1. The first-order chi connectivity index (χ1) is 10.9. The van der Waals surface area contributed by atoms with Crippen LogP contribution in [0.3, 0.4) is 0 Å². The normalized spacial score (nSPS) is 14.7. The fraction of sp³-hybridized carbons (Fsp3) is 0.278. The van der Waals surface area contributed by atoms with Gasteiger partial charge in [-0.1, -0.05) is 41.5 Å². The summed E-state index contributed by atoms with van der Waals surface area (Å²) >= 11 is 0. The average molecular weight is 329 g/mol. The lowest BCUT2D eigenvalue weighted by molar-refractivity contribution is 0.0982. The monoisotopic (exact) mass is 329 g/mol. The molecule has 2 aromatic carbocycles. The molecule has 0 amide bonds. The summed E-state index contributed by atoms with van der Waals surface area (Å²) < 4.78 is 27.1. The van der Waals surface area contributed by atoms with Gasteiger partial charge in [0.15, 0.2) is 5.78 Å². The molecule has 4 nitrogen and oxygen atoms in total. The molecule has 0 saturated carbocycles. The van der Waals surface area contributed by atoms with Crippen molar-refractivity contribution >= 4 is 21.5 Å². The number of fused-ring (bicyclic) bond motifs is 1. The van der Waals surface area contributed by atoms with Gasteiger partial charge in [-0.15, -0.1) is 0 Å². The van der Waals surface area contributed by atoms with Gasteiger partial charge in [-0.2, -0.15) is 0 Å². The van der Waals surface area contributed by atoms with Crippen LogP contribution < -0.4 is 4.31 Å². The summed E-state index contributed by atoms with van der Waals surface area (Å²) in [5.74, 6) is -0.0541. The fourth-order valence-corrected chi connectivity index (χ4v) is 4.51. The summed E-state index contributed by atoms with van der Waals surface area (Å²) in [6, 6.07) is 12.8. The highest BCUT2D eigenvalue weighted by molar-refractivity contribution is 7.92. The first-order valence-corrected chi connectivity index (χ1v) is 9.17. The smallest absolute Gasteiger partial charge is 0.239 e. The van der Waals surface area contributed by atoms with Gasteiger partial charge in [0.25, 0.3) is 0 Å². The maximum absolute atomic E-state index is 12.8. The predicted molar refractivity (Wildman–Crippen MR) is 91.3 cm³/mol. The molecule has 3 rings (SSSR count). The van der Waals surface area contributed by atoms with Crippen molar-refractivity contribution in [2.24, 2.45) is 0 Å². The Hall–Kier alpha value is -2.14. The number of hydrogen-bond acceptors (Lipinski definition) is 3. The van der Waals surface area contributed by atoms with Gasteiger partial charge in [0.05, 0.1) is 11.4 Å². The molecular weight excluding hydrogens is 310 g/mol. The van der Waals surface area contributed by atoms with Crippen molar-refractivity contribution in [3.8, 4) is 0 Å². The molecule has 2 aromatic rings. The van der Waals surface area contributed by atoms with Gasteiger partial charge in [-0.3, -0.25) is 9.10 Å². The lowest BCUT2D eigenvalue weighted by Crippen LogP contribution is -2.38. The lowest BCUT2D eigenvalue weighted by Gasteiger charge is -2.30. The van der Waals surface area contributed by atoms with Crippen molar-refractivity contribution in [3.63, 3.8) is 0 Å². The summed E-state index contributed by atoms with van der Waals surface area (Å²) in [4.78, 5) is 12.1. The second-order valence-electron chi connectivity index (χ2n) is 6.01. The molecule has 0 fully saturated rings. The molecule has 0 N–H and O–H groups in total. The van der Waals surface area contributed by atoms with Crippen LogP contribution in [0.2, 0.25) is 0 Å². The molecule has 1 heterocycles. The standard InChI is InChI=1S/C18H19NO3S/c1-13-4-3-5-15(10-13)12-23(21,22)19-9-8-18(20)16-11-14(2)6-7-17(16)19/h3-7,10-11H,8-9,12H2,1-2H3. The number of hydrogen-bond donors (Lipinski definition) is 0. The molecule has 1 aliphatic rings. The zero-order chi connectivity index (χ0) is 16.6. The van der Waals surface area contributed by atoms with E-state index in [2.05, 4.69) is 0 Å². The molecule has 0 atom stereocenters. The zero-order valence-corrected chi connectivity index (χ0v) is 14.1. The number of sulfonamides is 1. The van der Waals surface area contributed by atoms with E-state index < -0.39 is 10.0 Å². The molecular formula is C18H19NO3S. The molecule has 120 valence electrons. The van der Waals surface area contributed by atoms with Gasteiger partial charge in [0.2, 0.25) is 10.0 Å². The third-order valence-electron chi connectivity index (χ3n) is 4.03. The average Bonchev–Trinajstić information content (AvgIpc) is 2.47. The van der Waals surface area contributed by atoms with Crippen LogP contribution in [-0.2, 0) is 15.8 Å². The second-order valence-corrected chi connectivity index (χ2v) is 7.90. The van der Waals surface area contributed by atoms with Crippen molar-refractivity contribution in [2.75, 3.05) is 10.8 Å². The first kappa shape index (κ1) is 15.7. The topological polar surface area (TPSA) is 54.5 Å². The quantitative estimate of drug-likeness (QED) is 0.869. The van der Waals surface area contributed by atoms with Crippen LogP contribution in [0.25, 0.3) is 0 Å². The van der Waals surface area contributed by atoms with Crippen molar-refractivity contribution in [1.82, 2.24) is 0 Å². The van der Waals surface area contributed by atoms with E-state index in [9.17, 15) is 13.2 Å². The van der Waals surface area contributed by atoms with Crippen LogP contribution in [0.15, 0.2) is 42.5 Å². The van der Waals surface area contributed by atoms with E-state index >= 15 is 0 Å². The largest absolute Gasteiger partial charge is 0.294 e. The van der Waals surface area contributed by atoms with Gasteiger partial charge >= 0.3 is 0 Å². The molecule has 0 saturated heterocycles. The van der Waals surface area contributed by atoms with Crippen LogP contribution in [0.5, 0.6) is 0 Å². The van der Waals surface area contributed by atoms with Gasteiger partial charge in [-0.25, -0.2) is 8.42 Å². The van der Waals surface area contributed by atoms with E-state index in [1.54, 1.807) is 12.1 Å². The molecule has 0 radical (unpaired) electrons. The highest BCUT2D eigenvalue weighted by atomic mass is 32.2. The minimum atomic E-state index is -3.52. The first-order valence-electron chi connectivity index (χ1n) is 7.57. The second kappa shape index (κ2) is 5.81. The molecule has 0 unspecified atom stereocenters. The van der Waals surface area contributed by atoms with Crippen molar-refractivity contribution < 1.29 is 13.2 Å². The fourth-order valence-electron chi connectivity index (χ4n) is 2.93. The Balaban J connectivity index is 1.98. The summed E-state index contributed by atoms with van der Waals surface area (Å²) in [6.45, 7) is 4.05. The number of benzene rings is 2. The minimum Gasteiger partial charge on any atom is -0.294 e. The summed E-state index contributed by atoms with van der Waals surface area (Å²) in [5.41, 5.74) is 3.75. The summed E-state index contributed by atoms with van der Waals surface area (Å²) in [5, 5.41) is 0. The third-order valence-corrected chi connectivity index (χ3v) is 5.78. The number of Topliss-reactive ketones (excluding diaryl/α,β-unsaturated/α-hetero) is 1. The SMILES string of the molecule is Cc1cccc(CS(=O)(=O)N2CCC(=O)c3cc(C)ccc32)c1.